The van der Waals surface area contributed by atoms with E-state index in [1.54, 1.807) is 6.92 Å². The maximum atomic E-state index is 13.1. The van der Waals surface area contributed by atoms with Gasteiger partial charge in [0.15, 0.2) is 0 Å². The second-order valence-corrected chi connectivity index (χ2v) is 6.95. The van der Waals surface area contributed by atoms with Gasteiger partial charge in [0.1, 0.15) is 4.90 Å². The average Bonchev–Trinajstić information content (AvgIpc) is 2.54. The topological polar surface area (TPSA) is 106 Å². The quantitative estimate of drug-likeness (QED) is 0.356. The molecule has 26 heavy (non-hydrogen) atoms. The highest BCUT2D eigenvalue weighted by Gasteiger charge is 2.14. The Kier molecular flexibility index (Phi) is 5.73. The molecule has 1 N–H and O–H groups in total. The largest absolute Gasteiger partial charge is 0.332 e. The molecule has 0 aliphatic carbocycles. The van der Waals surface area contributed by atoms with Gasteiger partial charge in [-0.05, 0) is 42.3 Å². The number of aryl methyl sites for hydroxylation is 1. The normalized spacial score (nSPS) is 11.5. The number of carbonyl (C=O) groups excluding carboxylic acids is 1. The van der Waals surface area contributed by atoms with Crippen LogP contribution in [0.15, 0.2) is 47.4 Å². The molecule has 0 saturated carbocycles. The predicted octanol–water partition coefficient (Wildman–Crippen LogP) is 3.87. The Labute approximate surface area is 153 Å². The molecule has 2 rings (SSSR count). The minimum absolute atomic E-state index is 0.0879. The Hall–Kier alpha value is -2.78. The Morgan fingerprint density at radius 3 is 2.54 bits per heavy atom. The van der Waals surface area contributed by atoms with Crippen molar-refractivity contribution in [1.82, 2.24) is 0 Å². The lowest BCUT2D eigenvalue weighted by Gasteiger charge is -2.07. The Morgan fingerprint density at radius 1 is 1.27 bits per heavy atom. The minimum atomic E-state index is -4.89. The molecule has 2 aromatic rings. The first-order chi connectivity index (χ1) is 12.1. The van der Waals surface area contributed by atoms with Gasteiger partial charge in [-0.1, -0.05) is 17.7 Å². The van der Waals surface area contributed by atoms with Gasteiger partial charge in [-0.25, -0.2) is 0 Å². The van der Waals surface area contributed by atoms with E-state index in [0.717, 1.165) is 24.3 Å². The number of amides is 1. The van der Waals surface area contributed by atoms with E-state index in [2.05, 4.69) is 5.32 Å². The van der Waals surface area contributed by atoms with Gasteiger partial charge in [-0.3, -0.25) is 14.9 Å². The number of halogens is 2. The first-order valence-corrected chi connectivity index (χ1v) is 8.82. The third-order valence-electron chi connectivity index (χ3n) is 3.36. The number of anilines is 1. The molecule has 0 aliphatic rings. The summed E-state index contributed by atoms with van der Waals surface area (Å²) in [5, 5.41) is 13.2. The van der Waals surface area contributed by atoms with Gasteiger partial charge in [-0.2, -0.15) is 8.42 Å². The summed E-state index contributed by atoms with van der Waals surface area (Å²) in [4.78, 5) is 21.5. The fourth-order valence-corrected chi connectivity index (χ4v) is 2.72. The van der Waals surface area contributed by atoms with Crippen LogP contribution in [0.1, 0.15) is 11.1 Å². The van der Waals surface area contributed by atoms with Crippen LogP contribution in [0.4, 0.5) is 15.3 Å². The van der Waals surface area contributed by atoms with E-state index in [9.17, 15) is 27.2 Å². The number of nitrogens with one attached hydrogen (secondary N) is 1. The lowest BCUT2D eigenvalue weighted by Crippen LogP contribution is -2.09. The van der Waals surface area contributed by atoms with Crippen LogP contribution in [-0.2, 0) is 15.0 Å². The zero-order valence-corrected chi connectivity index (χ0v) is 14.8. The van der Waals surface area contributed by atoms with Gasteiger partial charge < -0.3 is 5.32 Å². The van der Waals surface area contributed by atoms with Crippen LogP contribution in [0.3, 0.4) is 0 Å². The number of nitrogens with zero attached hydrogens (tertiary/aromatic N) is 1. The molecule has 0 spiro atoms. The number of carbonyl (C=O) groups is 1. The Morgan fingerprint density at radius 2 is 1.96 bits per heavy atom. The van der Waals surface area contributed by atoms with Crippen LogP contribution in [0, 0.1) is 17.0 Å². The molecule has 0 fully saturated rings. The molecule has 10 heteroatoms. The monoisotopic (exact) mass is 398 g/mol. The molecule has 0 aromatic heterocycles. The number of nitro benzene ring substituents is 1. The summed E-state index contributed by atoms with van der Waals surface area (Å²) < 4.78 is 35.0. The van der Waals surface area contributed by atoms with E-state index in [1.165, 1.54) is 24.3 Å². The summed E-state index contributed by atoms with van der Waals surface area (Å²) in [6, 6.07) is 7.23. The highest BCUT2D eigenvalue weighted by atomic mass is 35.5. The second-order valence-electron chi connectivity index (χ2n) is 5.20. The van der Waals surface area contributed by atoms with Crippen molar-refractivity contribution >= 4 is 45.2 Å². The van der Waals surface area contributed by atoms with Gasteiger partial charge in [0.2, 0.25) is 5.91 Å². The third kappa shape index (κ3) is 4.87. The van der Waals surface area contributed by atoms with Crippen molar-refractivity contribution in [2.45, 2.75) is 11.8 Å². The molecule has 0 radical (unpaired) electrons. The van der Waals surface area contributed by atoms with Crippen LogP contribution >= 0.6 is 11.6 Å². The number of hydrogen-bond donors (Lipinski definition) is 1. The first-order valence-electron chi connectivity index (χ1n) is 7.06. The van der Waals surface area contributed by atoms with Crippen molar-refractivity contribution in [2.75, 3.05) is 5.32 Å². The number of hydrogen-bond acceptors (Lipinski definition) is 5. The maximum absolute atomic E-state index is 13.1. The number of benzene rings is 2. The SMILES string of the molecule is Cc1ccc(S(=O)(=O)F)cc1NC(=O)C=Cc1ccc([N+](=O)[O-])cc1Cl. The highest BCUT2D eigenvalue weighted by Crippen LogP contribution is 2.24. The molecule has 0 unspecified atom stereocenters. The van der Waals surface area contributed by atoms with E-state index in [0.29, 0.717) is 11.1 Å². The van der Waals surface area contributed by atoms with Crippen LogP contribution in [0.25, 0.3) is 6.08 Å². The number of nitro groups is 1. The zero-order chi connectivity index (χ0) is 19.5. The van der Waals surface area contributed by atoms with Crippen molar-refractivity contribution in [3.8, 4) is 0 Å². The van der Waals surface area contributed by atoms with Gasteiger partial charge in [-0.15, -0.1) is 3.89 Å². The molecule has 7 nitrogen and oxygen atoms in total. The van der Waals surface area contributed by atoms with Crippen molar-refractivity contribution in [3.05, 3.63) is 68.7 Å². The van der Waals surface area contributed by atoms with Gasteiger partial charge in [0.05, 0.1) is 9.95 Å². The average molecular weight is 399 g/mol. The van der Waals surface area contributed by atoms with Gasteiger partial charge in [0.25, 0.3) is 5.69 Å². The third-order valence-corrected chi connectivity index (χ3v) is 4.50. The van der Waals surface area contributed by atoms with Crippen molar-refractivity contribution in [2.24, 2.45) is 0 Å². The molecule has 0 atom stereocenters. The summed E-state index contributed by atoms with van der Waals surface area (Å²) in [7, 11) is -4.89. The zero-order valence-electron chi connectivity index (χ0n) is 13.3. The summed E-state index contributed by atoms with van der Waals surface area (Å²) in [5.41, 5.74) is 0.862. The predicted molar refractivity (Wildman–Crippen MR) is 95.2 cm³/mol. The van der Waals surface area contributed by atoms with Crippen molar-refractivity contribution in [1.29, 1.82) is 0 Å². The molecule has 0 aliphatic heterocycles. The summed E-state index contributed by atoms with van der Waals surface area (Å²) in [5.74, 6) is -0.615. The fourth-order valence-electron chi connectivity index (χ4n) is 1.99. The number of rotatable bonds is 5. The number of non-ortho nitro benzene ring substituents is 1. The Bertz CT molecular complexity index is 1020. The van der Waals surface area contributed by atoms with E-state index >= 15 is 0 Å². The molecule has 2 aromatic carbocycles. The fraction of sp³-hybridized carbons (Fsp3) is 0.0625. The molecule has 0 bridgehead atoms. The van der Waals surface area contributed by atoms with Crippen LogP contribution in [-0.4, -0.2) is 19.2 Å². The second kappa shape index (κ2) is 7.63. The van der Waals surface area contributed by atoms with Crippen LogP contribution in [0.5, 0.6) is 0 Å². The van der Waals surface area contributed by atoms with E-state index in [-0.39, 0.29) is 16.4 Å². The summed E-state index contributed by atoms with van der Waals surface area (Å²) in [6.07, 6.45) is 2.45. The van der Waals surface area contributed by atoms with Gasteiger partial charge in [0, 0.05) is 23.9 Å². The lowest BCUT2D eigenvalue weighted by atomic mass is 10.2. The molecule has 1 amide bonds. The molecular formula is C16H12ClFN2O5S. The maximum Gasteiger partial charge on any atom is 0.332 e. The Balaban J connectivity index is 2.19. The van der Waals surface area contributed by atoms with Crippen LogP contribution in [0.2, 0.25) is 5.02 Å². The lowest BCUT2D eigenvalue weighted by molar-refractivity contribution is -0.384. The summed E-state index contributed by atoms with van der Waals surface area (Å²) in [6.45, 7) is 1.61. The molecular weight excluding hydrogens is 387 g/mol. The van der Waals surface area contributed by atoms with Crippen molar-refractivity contribution in [3.63, 3.8) is 0 Å². The summed E-state index contributed by atoms with van der Waals surface area (Å²) >= 11 is 5.92. The smallest absolute Gasteiger partial charge is 0.322 e. The molecule has 0 saturated heterocycles. The van der Waals surface area contributed by atoms with E-state index in [4.69, 9.17) is 11.6 Å². The minimum Gasteiger partial charge on any atom is -0.322 e. The molecule has 0 heterocycles. The van der Waals surface area contributed by atoms with Crippen molar-refractivity contribution < 1.29 is 22.0 Å². The highest BCUT2D eigenvalue weighted by molar-refractivity contribution is 7.86. The van der Waals surface area contributed by atoms with Crippen LogP contribution < -0.4 is 5.32 Å². The first kappa shape index (κ1) is 19.5. The van der Waals surface area contributed by atoms with E-state index < -0.39 is 25.9 Å². The van der Waals surface area contributed by atoms with E-state index in [1.807, 2.05) is 0 Å². The molecule has 136 valence electrons. The standard InChI is InChI=1S/C16H12ClFN2O5S/c1-10-2-6-13(26(18,24)25)9-15(10)19-16(21)7-4-11-3-5-12(20(22)23)8-14(11)17/h2-9H,1H3,(H,19,21). The van der Waals surface area contributed by atoms with Gasteiger partial charge >= 0.3 is 10.2 Å².